The van der Waals surface area contributed by atoms with E-state index < -0.39 is 12.0 Å². The Morgan fingerprint density at radius 2 is 1.79 bits per heavy atom. The van der Waals surface area contributed by atoms with Crippen LogP contribution in [0.15, 0.2) is 92.6 Å². The molecule has 0 fully saturated rings. The van der Waals surface area contributed by atoms with Gasteiger partial charge >= 0.3 is 5.97 Å². The number of rotatable bonds is 7. The summed E-state index contributed by atoms with van der Waals surface area (Å²) >= 11 is 4.76. The van der Waals surface area contributed by atoms with E-state index in [4.69, 9.17) is 19.2 Å². The minimum Gasteiger partial charge on any atom is -0.497 e. The fourth-order valence-corrected chi connectivity index (χ4v) is 5.87. The van der Waals surface area contributed by atoms with E-state index in [-0.39, 0.29) is 12.2 Å². The van der Waals surface area contributed by atoms with Crippen LogP contribution in [0.1, 0.15) is 29.7 Å². The van der Waals surface area contributed by atoms with Crippen molar-refractivity contribution in [3.05, 3.63) is 119 Å². The molecule has 4 aromatic rings. The number of aromatic nitrogens is 1. The Bertz CT molecular complexity index is 1740. The fraction of sp³-hybridized carbons (Fsp3) is 0.167. The summed E-state index contributed by atoms with van der Waals surface area (Å²) in [6, 6.07) is 21.6. The minimum atomic E-state index is -0.757. The maximum atomic E-state index is 14.0. The third kappa shape index (κ3) is 5.20. The molecule has 7 nitrogen and oxygen atoms in total. The second-order valence-corrected chi connectivity index (χ2v) is 10.5. The summed E-state index contributed by atoms with van der Waals surface area (Å²) in [6.07, 6.45) is 1.79. The van der Waals surface area contributed by atoms with Gasteiger partial charge in [0.05, 0.1) is 42.7 Å². The summed E-state index contributed by atoms with van der Waals surface area (Å²) in [5, 5.41) is 0. The second-order valence-electron chi connectivity index (χ2n) is 8.59. The lowest BCUT2D eigenvalue weighted by molar-refractivity contribution is -0.138. The Kier molecular flexibility index (Phi) is 7.81. The second kappa shape index (κ2) is 11.4. The molecule has 1 aliphatic heterocycles. The number of benzene rings is 3. The topological polar surface area (TPSA) is 79.1 Å². The molecule has 39 heavy (non-hydrogen) atoms. The third-order valence-electron chi connectivity index (χ3n) is 6.28. The summed E-state index contributed by atoms with van der Waals surface area (Å²) in [5.74, 6) is 0.773. The van der Waals surface area contributed by atoms with Gasteiger partial charge in [-0.3, -0.25) is 9.36 Å². The van der Waals surface area contributed by atoms with Gasteiger partial charge in [0.25, 0.3) is 5.56 Å². The van der Waals surface area contributed by atoms with Crippen LogP contribution >= 0.6 is 27.3 Å². The number of carbonyl (C=O) groups excluding carboxylic acids is 1. The van der Waals surface area contributed by atoms with Crippen molar-refractivity contribution < 1.29 is 19.0 Å². The number of halogens is 1. The summed E-state index contributed by atoms with van der Waals surface area (Å²) in [4.78, 5) is 32.9. The van der Waals surface area contributed by atoms with Crippen LogP contribution < -0.4 is 24.4 Å². The van der Waals surface area contributed by atoms with Crippen molar-refractivity contribution in [3.8, 4) is 11.5 Å². The number of carbonyl (C=O) groups is 1. The van der Waals surface area contributed by atoms with E-state index in [0.717, 1.165) is 21.2 Å². The molecule has 198 valence electrons. The van der Waals surface area contributed by atoms with Gasteiger partial charge in [-0.1, -0.05) is 69.7 Å². The lowest BCUT2D eigenvalue weighted by Gasteiger charge is -2.26. The van der Waals surface area contributed by atoms with Crippen molar-refractivity contribution >= 4 is 45.0 Å². The van der Waals surface area contributed by atoms with E-state index in [9.17, 15) is 9.59 Å². The molecule has 5 rings (SSSR count). The number of fused-ring (bicyclic) bond motifs is 1. The summed E-state index contributed by atoms with van der Waals surface area (Å²) < 4.78 is 19.3. The molecule has 9 heteroatoms. The van der Waals surface area contributed by atoms with E-state index in [1.807, 2.05) is 72.8 Å². The minimum absolute atomic E-state index is 0.187. The third-order valence-corrected chi connectivity index (χ3v) is 7.76. The summed E-state index contributed by atoms with van der Waals surface area (Å²) in [7, 11) is 3.18. The Morgan fingerprint density at radius 1 is 1.05 bits per heavy atom. The van der Waals surface area contributed by atoms with Crippen LogP contribution in [-0.2, 0) is 9.53 Å². The first kappa shape index (κ1) is 26.6. The van der Waals surface area contributed by atoms with Gasteiger partial charge in [-0.05, 0) is 48.9 Å². The first-order chi connectivity index (χ1) is 18.9. The van der Waals surface area contributed by atoms with Crippen molar-refractivity contribution in [2.24, 2.45) is 4.99 Å². The van der Waals surface area contributed by atoms with E-state index in [2.05, 4.69) is 15.9 Å². The highest BCUT2D eigenvalue weighted by atomic mass is 79.9. The van der Waals surface area contributed by atoms with Crippen LogP contribution in [0, 0.1) is 0 Å². The molecule has 0 unspecified atom stereocenters. The molecule has 0 aliphatic carbocycles. The van der Waals surface area contributed by atoms with Crippen LogP contribution in [0.4, 0.5) is 0 Å². The highest BCUT2D eigenvalue weighted by molar-refractivity contribution is 9.10. The highest BCUT2D eigenvalue weighted by Crippen LogP contribution is 2.35. The molecule has 0 saturated heterocycles. The van der Waals surface area contributed by atoms with E-state index in [1.54, 1.807) is 31.8 Å². The number of esters is 1. The number of thiazole rings is 1. The average Bonchev–Trinajstić information content (AvgIpc) is 3.27. The van der Waals surface area contributed by atoms with Gasteiger partial charge in [0.1, 0.15) is 11.5 Å². The van der Waals surface area contributed by atoms with E-state index in [1.165, 1.54) is 11.3 Å². The van der Waals surface area contributed by atoms with Crippen LogP contribution in [0.25, 0.3) is 11.8 Å². The van der Waals surface area contributed by atoms with Gasteiger partial charge in [-0.15, -0.1) is 0 Å². The van der Waals surface area contributed by atoms with Gasteiger partial charge in [0.15, 0.2) is 4.80 Å². The van der Waals surface area contributed by atoms with E-state index in [0.29, 0.717) is 32.1 Å². The Hall–Kier alpha value is -3.95. The number of nitrogens with zero attached hydrogens (tertiary/aromatic N) is 2. The molecule has 1 atom stereocenters. The number of hydrogen-bond donors (Lipinski definition) is 0. The largest absolute Gasteiger partial charge is 0.497 e. The molecule has 1 aliphatic rings. The quantitative estimate of drug-likeness (QED) is 0.285. The average molecular weight is 606 g/mol. The predicted octanol–water partition coefficient (Wildman–Crippen LogP) is 4.72. The molecule has 2 heterocycles. The molecule has 0 saturated carbocycles. The van der Waals surface area contributed by atoms with Gasteiger partial charge < -0.3 is 14.2 Å². The zero-order valence-electron chi connectivity index (χ0n) is 21.5. The summed E-state index contributed by atoms with van der Waals surface area (Å²) in [6.45, 7) is 1.94. The molecule has 0 N–H and O–H groups in total. The molecule has 0 spiro atoms. The van der Waals surface area contributed by atoms with Crippen LogP contribution in [-0.4, -0.2) is 31.4 Å². The predicted molar refractivity (Wildman–Crippen MR) is 155 cm³/mol. The zero-order valence-corrected chi connectivity index (χ0v) is 23.9. The van der Waals surface area contributed by atoms with Crippen molar-refractivity contribution in [2.45, 2.75) is 13.0 Å². The van der Waals surface area contributed by atoms with Gasteiger partial charge in [0.2, 0.25) is 0 Å². The lowest BCUT2D eigenvalue weighted by Crippen LogP contribution is -2.40. The SMILES string of the molecule is CCOC(=O)C1=C(c2ccccc2)N=c2s/c(=C\c3cc(Br)ccc3OC)c(=O)n2[C@@H]1c1ccc(OC)cc1. The maximum absolute atomic E-state index is 14.0. The molecular weight excluding hydrogens is 580 g/mol. The lowest BCUT2D eigenvalue weighted by atomic mass is 9.93. The van der Waals surface area contributed by atoms with Crippen molar-refractivity contribution in [1.29, 1.82) is 0 Å². The smallest absolute Gasteiger partial charge is 0.338 e. The van der Waals surface area contributed by atoms with Crippen molar-refractivity contribution in [2.75, 3.05) is 20.8 Å². The molecule has 0 bridgehead atoms. The fourth-order valence-electron chi connectivity index (χ4n) is 4.50. The molecule has 0 amide bonds. The number of methoxy groups -OCH3 is 2. The molecule has 0 radical (unpaired) electrons. The standard InChI is InChI=1S/C30H25BrN2O5S/c1-4-38-29(35)25-26(18-8-6-5-7-9-18)32-30-33(27(25)19-10-13-22(36-2)14-11-19)28(34)24(39-30)17-20-16-21(31)12-15-23(20)37-3/h5-17,27H,4H2,1-3H3/b24-17-/t27-/m1/s1. The molecule has 3 aromatic carbocycles. The maximum Gasteiger partial charge on any atom is 0.338 e. The highest BCUT2D eigenvalue weighted by Gasteiger charge is 2.35. The van der Waals surface area contributed by atoms with Crippen LogP contribution in [0.3, 0.4) is 0 Å². The number of hydrogen-bond acceptors (Lipinski definition) is 7. The van der Waals surface area contributed by atoms with Crippen molar-refractivity contribution in [1.82, 2.24) is 4.57 Å². The first-order valence-electron chi connectivity index (χ1n) is 12.2. The van der Waals surface area contributed by atoms with Gasteiger partial charge in [0, 0.05) is 15.6 Å². The van der Waals surface area contributed by atoms with Crippen LogP contribution in [0.5, 0.6) is 11.5 Å². The summed E-state index contributed by atoms with van der Waals surface area (Å²) in [5.41, 5.74) is 2.73. The Balaban J connectivity index is 1.83. The molecule has 1 aromatic heterocycles. The normalized spacial score (nSPS) is 15.0. The van der Waals surface area contributed by atoms with Gasteiger partial charge in [-0.25, -0.2) is 9.79 Å². The monoisotopic (exact) mass is 604 g/mol. The van der Waals surface area contributed by atoms with Crippen LogP contribution in [0.2, 0.25) is 0 Å². The first-order valence-corrected chi connectivity index (χ1v) is 13.8. The Morgan fingerprint density at radius 3 is 2.46 bits per heavy atom. The zero-order chi connectivity index (χ0) is 27.5. The number of ether oxygens (including phenoxy) is 3. The molecular formula is C30H25BrN2O5S. The van der Waals surface area contributed by atoms with Gasteiger partial charge in [-0.2, -0.15) is 0 Å². The van der Waals surface area contributed by atoms with Crippen molar-refractivity contribution in [3.63, 3.8) is 0 Å². The van der Waals surface area contributed by atoms with E-state index >= 15 is 0 Å². The Labute approximate surface area is 237 Å².